The molecule has 1 atom stereocenters. The molecule has 0 aliphatic heterocycles. The lowest BCUT2D eigenvalue weighted by Gasteiger charge is -2.13. The highest BCUT2D eigenvalue weighted by Crippen LogP contribution is 2.23. The maximum absolute atomic E-state index is 12.7. The molecule has 138 valence electrons. The fourth-order valence-electron chi connectivity index (χ4n) is 2.50. The van der Waals surface area contributed by atoms with Gasteiger partial charge in [0.25, 0.3) is 5.91 Å². The van der Waals surface area contributed by atoms with E-state index < -0.39 is 27.6 Å². The quantitative estimate of drug-likeness (QED) is 0.836. The molecule has 0 spiro atoms. The Bertz CT molecular complexity index is 979. The van der Waals surface area contributed by atoms with E-state index in [2.05, 4.69) is 5.32 Å². The number of carbonyl (C=O) groups excluding carboxylic acids is 1. The first kappa shape index (κ1) is 19.7. The number of aliphatic carboxylic acids is 1. The van der Waals surface area contributed by atoms with Crippen LogP contribution in [0.4, 0.5) is 5.69 Å². The molecule has 1 unspecified atom stereocenters. The molecule has 0 heterocycles. The van der Waals surface area contributed by atoms with E-state index in [0.717, 1.165) is 6.26 Å². The second-order valence-electron chi connectivity index (χ2n) is 6.32. The summed E-state index contributed by atoms with van der Waals surface area (Å²) < 4.78 is 23.7. The number of sulfone groups is 1. The maximum Gasteiger partial charge on any atom is 0.310 e. The third kappa shape index (κ3) is 4.29. The highest BCUT2D eigenvalue weighted by Gasteiger charge is 2.18. The van der Waals surface area contributed by atoms with Gasteiger partial charge in [-0.05, 0) is 61.7 Å². The van der Waals surface area contributed by atoms with Crippen molar-refractivity contribution < 1.29 is 23.1 Å². The Kier molecular flexibility index (Phi) is 5.51. The molecule has 0 fully saturated rings. The average molecular weight is 375 g/mol. The molecule has 2 N–H and O–H groups in total. The van der Waals surface area contributed by atoms with E-state index >= 15 is 0 Å². The first-order valence-electron chi connectivity index (χ1n) is 7.96. The second kappa shape index (κ2) is 7.29. The minimum Gasteiger partial charge on any atom is -0.481 e. The van der Waals surface area contributed by atoms with Gasteiger partial charge in [0.15, 0.2) is 9.84 Å². The van der Waals surface area contributed by atoms with E-state index in [1.54, 1.807) is 45.0 Å². The summed E-state index contributed by atoms with van der Waals surface area (Å²) in [6.07, 6.45) is 1.09. The van der Waals surface area contributed by atoms with Crippen LogP contribution in [0, 0.1) is 13.8 Å². The zero-order valence-corrected chi connectivity index (χ0v) is 15.8. The Morgan fingerprint density at radius 1 is 1.12 bits per heavy atom. The van der Waals surface area contributed by atoms with Gasteiger partial charge in [0.05, 0.1) is 10.8 Å². The lowest BCUT2D eigenvalue weighted by Crippen LogP contribution is -2.16. The SMILES string of the molecule is Cc1cc(S(C)(=O)=O)cc(C(=O)Nc2cccc(C(C)C(=O)O)c2)c1C. The van der Waals surface area contributed by atoms with Gasteiger partial charge in [0.1, 0.15) is 0 Å². The Morgan fingerprint density at radius 3 is 2.35 bits per heavy atom. The molecular formula is C19H21NO5S. The number of carboxylic acids is 1. The van der Waals surface area contributed by atoms with Crippen molar-refractivity contribution in [2.45, 2.75) is 31.6 Å². The summed E-state index contributed by atoms with van der Waals surface area (Å²) in [5.41, 5.74) is 2.66. The van der Waals surface area contributed by atoms with Gasteiger partial charge in [-0.2, -0.15) is 0 Å². The van der Waals surface area contributed by atoms with Crippen LogP contribution in [-0.4, -0.2) is 31.7 Å². The minimum absolute atomic E-state index is 0.0824. The number of rotatable bonds is 5. The van der Waals surface area contributed by atoms with Crippen molar-refractivity contribution >= 4 is 27.4 Å². The summed E-state index contributed by atoms with van der Waals surface area (Å²) >= 11 is 0. The van der Waals surface area contributed by atoms with Crippen molar-refractivity contribution in [2.75, 3.05) is 11.6 Å². The predicted octanol–water partition coefficient (Wildman–Crippen LogP) is 3.15. The van der Waals surface area contributed by atoms with Crippen LogP contribution in [0.15, 0.2) is 41.3 Å². The molecule has 2 aromatic rings. The van der Waals surface area contributed by atoms with Gasteiger partial charge in [-0.15, -0.1) is 0 Å². The van der Waals surface area contributed by atoms with Gasteiger partial charge in [-0.25, -0.2) is 8.42 Å². The van der Waals surface area contributed by atoms with Crippen molar-refractivity contribution in [3.63, 3.8) is 0 Å². The van der Waals surface area contributed by atoms with Crippen LogP contribution in [-0.2, 0) is 14.6 Å². The number of carboxylic acid groups (broad SMARTS) is 1. The molecule has 26 heavy (non-hydrogen) atoms. The standard InChI is InChI=1S/C19H21NO5S/c1-11-8-16(26(4,24)25)10-17(12(11)2)18(21)20-15-7-5-6-14(9-15)13(3)19(22)23/h5-10,13H,1-4H3,(H,20,21)(H,22,23). The second-order valence-corrected chi connectivity index (χ2v) is 8.34. The molecule has 1 amide bonds. The highest BCUT2D eigenvalue weighted by molar-refractivity contribution is 7.90. The summed E-state index contributed by atoms with van der Waals surface area (Å²) in [4.78, 5) is 23.9. The van der Waals surface area contributed by atoms with E-state index in [0.29, 0.717) is 22.4 Å². The highest BCUT2D eigenvalue weighted by atomic mass is 32.2. The van der Waals surface area contributed by atoms with Crippen molar-refractivity contribution in [3.8, 4) is 0 Å². The number of amides is 1. The Morgan fingerprint density at radius 2 is 1.77 bits per heavy atom. The summed E-state index contributed by atoms with van der Waals surface area (Å²) in [5.74, 6) is -2.11. The Balaban J connectivity index is 2.38. The van der Waals surface area contributed by atoms with Crippen molar-refractivity contribution in [3.05, 3.63) is 58.7 Å². The van der Waals surface area contributed by atoms with E-state index in [1.807, 2.05) is 0 Å². The van der Waals surface area contributed by atoms with Crippen LogP contribution >= 0.6 is 0 Å². The fraction of sp³-hybridized carbons (Fsp3) is 0.263. The molecule has 6 nitrogen and oxygen atoms in total. The monoisotopic (exact) mass is 375 g/mol. The number of nitrogens with one attached hydrogen (secondary N) is 1. The van der Waals surface area contributed by atoms with Gasteiger partial charge in [0, 0.05) is 17.5 Å². The number of anilines is 1. The summed E-state index contributed by atoms with van der Waals surface area (Å²) in [5, 5.41) is 11.8. The van der Waals surface area contributed by atoms with Gasteiger partial charge in [0.2, 0.25) is 0 Å². The first-order valence-corrected chi connectivity index (χ1v) is 9.85. The summed E-state index contributed by atoms with van der Waals surface area (Å²) in [6.45, 7) is 5.06. The molecule has 2 rings (SSSR count). The lowest BCUT2D eigenvalue weighted by molar-refractivity contribution is -0.138. The lowest BCUT2D eigenvalue weighted by atomic mass is 10.0. The van der Waals surface area contributed by atoms with Crippen LogP contribution in [0.2, 0.25) is 0 Å². The molecule has 2 aromatic carbocycles. The van der Waals surface area contributed by atoms with Gasteiger partial charge in [-0.3, -0.25) is 9.59 Å². The molecule has 0 aromatic heterocycles. The van der Waals surface area contributed by atoms with Gasteiger partial charge < -0.3 is 10.4 Å². The molecular weight excluding hydrogens is 354 g/mol. The smallest absolute Gasteiger partial charge is 0.310 e. The van der Waals surface area contributed by atoms with Crippen LogP contribution in [0.3, 0.4) is 0 Å². The first-order chi connectivity index (χ1) is 12.0. The number of aryl methyl sites for hydroxylation is 1. The number of carbonyl (C=O) groups is 2. The number of benzene rings is 2. The molecule has 7 heteroatoms. The maximum atomic E-state index is 12.7. The Labute approximate surface area is 152 Å². The molecule has 0 aliphatic rings. The van der Waals surface area contributed by atoms with Crippen LogP contribution in [0.5, 0.6) is 0 Å². The molecule has 0 aliphatic carbocycles. The van der Waals surface area contributed by atoms with Crippen molar-refractivity contribution in [2.24, 2.45) is 0 Å². The fourth-order valence-corrected chi connectivity index (χ4v) is 3.23. The van der Waals surface area contributed by atoms with Crippen molar-refractivity contribution in [1.29, 1.82) is 0 Å². The van der Waals surface area contributed by atoms with E-state index in [9.17, 15) is 18.0 Å². The largest absolute Gasteiger partial charge is 0.481 e. The van der Waals surface area contributed by atoms with E-state index in [1.165, 1.54) is 12.1 Å². The molecule has 0 saturated carbocycles. The van der Waals surface area contributed by atoms with Crippen molar-refractivity contribution in [1.82, 2.24) is 0 Å². The van der Waals surface area contributed by atoms with Gasteiger partial charge in [-0.1, -0.05) is 12.1 Å². The van der Waals surface area contributed by atoms with Crippen LogP contribution in [0.25, 0.3) is 0 Å². The minimum atomic E-state index is -3.44. The van der Waals surface area contributed by atoms with Crippen LogP contribution in [0.1, 0.15) is 39.9 Å². The zero-order valence-electron chi connectivity index (χ0n) is 15.0. The summed E-state index contributed by atoms with van der Waals surface area (Å²) in [6, 6.07) is 9.48. The van der Waals surface area contributed by atoms with Gasteiger partial charge >= 0.3 is 5.97 Å². The average Bonchev–Trinajstić information content (AvgIpc) is 2.55. The number of hydrogen-bond acceptors (Lipinski definition) is 4. The molecule has 0 saturated heterocycles. The number of hydrogen-bond donors (Lipinski definition) is 2. The topological polar surface area (TPSA) is 101 Å². The molecule has 0 bridgehead atoms. The summed E-state index contributed by atoms with van der Waals surface area (Å²) in [7, 11) is -3.44. The Hall–Kier alpha value is -2.67. The third-order valence-electron chi connectivity index (χ3n) is 4.33. The predicted molar refractivity (Wildman–Crippen MR) is 99.5 cm³/mol. The van der Waals surface area contributed by atoms with Crippen LogP contribution < -0.4 is 5.32 Å². The third-order valence-corrected chi connectivity index (χ3v) is 5.42. The zero-order chi connectivity index (χ0) is 19.6. The normalized spacial score (nSPS) is 12.5. The van der Waals surface area contributed by atoms with E-state index in [4.69, 9.17) is 5.11 Å². The van der Waals surface area contributed by atoms with E-state index in [-0.39, 0.29) is 10.5 Å². The molecule has 0 radical (unpaired) electrons.